The topological polar surface area (TPSA) is 12.0 Å². The number of halogens is 1. The number of nitrogens with one attached hydrogen (secondary N) is 1. The van der Waals surface area contributed by atoms with Crippen LogP contribution in [0, 0.1) is 30.6 Å². The SMILES string of the molecule is Cc1ccc(Br)c(NC2CC3CC2C2CCCC32)c1. The fraction of sp³-hybridized carbons (Fsp3) is 0.647. The molecule has 3 aliphatic carbocycles. The molecule has 5 atom stereocenters. The molecule has 4 rings (SSSR count). The molecular weight excluding hydrogens is 298 g/mol. The van der Waals surface area contributed by atoms with Crippen molar-refractivity contribution in [2.75, 3.05) is 5.32 Å². The lowest BCUT2D eigenvalue weighted by Crippen LogP contribution is -2.34. The highest BCUT2D eigenvalue weighted by atomic mass is 79.9. The van der Waals surface area contributed by atoms with Crippen molar-refractivity contribution in [3.63, 3.8) is 0 Å². The first-order chi connectivity index (χ1) is 9.22. The van der Waals surface area contributed by atoms with Gasteiger partial charge in [-0.15, -0.1) is 0 Å². The van der Waals surface area contributed by atoms with Crippen LogP contribution >= 0.6 is 15.9 Å². The lowest BCUT2D eigenvalue weighted by Gasteiger charge is -2.33. The van der Waals surface area contributed by atoms with Crippen molar-refractivity contribution < 1.29 is 0 Å². The Balaban J connectivity index is 1.54. The summed E-state index contributed by atoms with van der Waals surface area (Å²) >= 11 is 3.68. The van der Waals surface area contributed by atoms with Gasteiger partial charge in [-0.3, -0.25) is 0 Å². The molecule has 3 saturated carbocycles. The number of fused-ring (bicyclic) bond motifs is 5. The summed E-state index contributed by atoms with van der Waals surface area (Å²) in [5, 5.41) is 3.85. The van der Waals surface area contributed by atoms with E-state index < -0.39 is 0 Å². The van der Waals surface area contributed by atoms with Crippen molar-refractivity contribution in [1.82, 2.24) is 0 Å². The summed E-state index contributed by atoms with van der Waals surface area (Å²) < 4.78 is 1.21. The smallest absolute Gasteiger partial charge is 0.0489 e. The number of benzene rings is 1. The van der Waals surface area contributed by atoms with Gasteiger partial charge in [0.05, 0.1) is 0 Å². The maximum Gasteiger partial charge on any atom is 0.0489 e. The van der Waals surface area contributed by atoms with Crippen LogP contribution in [0.5, 0.6) is 0 Å². The zero-order valence-corrected chi connectivity index (χ0v) is 13.1. The summed E-state index contributed by atoms with van der Waals surface area (Å²) in [7, 11) is 0. The molecule has 5 unspecified atom stereocenters. The summed E-state index contributed by atoms with van der Waals surface area (Å²) in [6.45, 7) is 2.17. The number of anilines is 1. The molecule has 2 heteroatoms. The van der Waals surface area contributed by atoms with E-state index >= 15 is 0 Å². The minimum absolute atomic E-state index is 0.724. The van der Waals surface area contributed by atoms with E-state index in [-0.39, 0.29) is 0 Å². The second kappa shape index (κ2) is 4.51. The maximum absolute atomic E-state index is 3.85. The molecule has 0 saturated heterocycles. The van der Waals surface area contributed by atoms with Crippen LogP contribution < -0.4 is 5.32 Å². The van der Waals surface area contributed by atoms with E-state index in [9.17, 15) is 0 Å². The zero-order valence-electron chi connectivity index (χ0n) is 11.5. The minimum Gasteiger partial charge on any atom is -0.381 e. The quantitative estimate of drug-likeness (QED) is 0.809. The molecule has 0 aromatic heterocycles. The minimum atomic E-state index is 0.724. The van der Waals surface area contributed by atoms with Crippen molar-refractivity contribution in [3.05, 3.63) is 28.2 Å². The van der Waals surface area contributed by atoms with Crippen LogP contribution in [0.3, 0.4) is 0 Å². The highest BCUT2D eigenvalue weighted by molar-refractivity contribution is 9.10. The van der Waals surface area contributed by atoms with Gasteiger partial charge in [0.25, 0.3) is 0 Å². The molecule has 2 bridgehead atoms. The van der Waals surface area contributed by atoms with E-state index in [1.54, 1.807) is 0 Å². The molecule has 1 N–H and O–H groups in total. The monoisotopic (exact) mass is 319 g/mol. The third kappa shape index (κ3) is 1.94. The fourth-order valence-corrected chi connectivity index (χ4v) is 5.54. The van der Waals surface area contributed by atoms with Gasteiger partial charge in [-0.1, -0.05) is 12.5 Å². The van der Waals surface area contributed by atoms with Crippen LogP contribution in [0.25, 0.3) is 0 Å². The zero-order chi connectivity index (χ0) is 13.0. The summed E-state index contributed by atoms with van der Waals surface area (Å²) in [5.41, 5.74) is 2.64. The van der Waals surface area contributed by atoms with Gasteiger partial charge in [0.1, 0.15) is 0 Å². The lowest BCUT2D eigenvalue weighted by atomic mass is 9.79. The summed E-state index contributed by atoms with van der Waals surface area (Å²) in [5.74, 6) is 4.10. The van der Waals surface area contributed by atoms with E-state index in [2.05, 4.69) is 46.4 Å². The molecule has 1 nitrogen and oxygen atoms in total. The van der Waals surface area contributed by atoms with E-state index in [0.717, 1.165) is 29.7 Å². The first-order valence-corrected chi connectivity index (χ1v) is 8.54. The van der Waals surface area contributed by atoms with Gasteiger partial charge in [-0.25, -0.2) is 0 Å². The van der Waals surface area contributed by atoms with Crippen LogP contribution in [-0.2, 0) is 0 Å². The molecule has 102 valence electrons. The van der Waals surface area contributed by atoms with Gasteiger partial charge in [0.15, 0.2) is 0 Å². The largest absolute Gasteiger partial charge is 0.381 e. The molecule has 0 heterocycles. The first kappa shape index (κ1) is 12.3. The van der Waals surface area contributed by atoms with E-state index in [1.807, 2.05) is 0 Å². The molecular formula is C17H22BrN. The number of rotatable bonds is 2. The molecule has 1 aromatic rings. The predicted molar refractivity (Wildman–Crippen MR) is 83.3 cm³/mol. The van der Waals surface area contributed by atoms with E-state index in [0.29, 0.717) is 0 Å². The van der Waals surface area contributed by atoms with Gasteiger partial charge in [0, 0.05) is 16.2 Å². The van der Waals surface area contributed by atoms with Gasteiger partial charge in [-0.2, -0.15) is 0 Å². The lowest BCUT2D eigenvalue weighted by molar-refractivity contribution is 0.243. The average Bonchev–Trinajstić information content (AvgIpc) is 3.05. The van der Waals surface area contributed by atoms with Crippen LogP contribution in [0.1, 0.15) is 37.7 Å². The second-order valence-electron chi connectivity index (χ2n) is 6.89. The van der Waals surface area contributed by atoms with Crippen LogP contribution in [0.15, 0.2) is 22.7 Å². The Morgan fingerprint density at radius 3 is 2.84 bits per heavy atom. The third-order valence-electron chi connectivity index (χ3n) is 5.89. The Hall–Kier alpha value is -0.500. The van der Waals surface area contributed by atoms with Gasteiger partial charge in [-0.05, 0) is 89.9 Å². The molecule has 1 aromatic carbocycles. The Morgan fingerprint density at radius 1 is 1.11 bits per heavy atom. The van der Waals surface area contributed by atoms with E-state index in [4.69, 9.17) is 0 Å². The predicted octanol–water partition coefficient (Wildman–Crippen LogP) is 4.99. The van der Waals surface area contributed by atoms with Crippen LogP contribution in [-0.4, -0.2) is 6.04 Å². The molecule has 0 aliphatic heterocycles. The standard InChI is InChI=1S/C17H22BrN/c1-10-5-6-15(18)17(7-10)19-16-9-11-8-14(16)13-4-2-3-12(11)13/h5-7,11-14,16,19H,2-4,8-9H2,1H3. The summed E-state index contributed by atoms with van der Waals surface area (Å²) in [6.07, 6.45) is 7.41. The number of hydrogen-bond donors (Lipinski definition) is 1. The van der Waals surface area contributed by atoms with Gasteiger partial charge < -0.3 is 5.32 Å². The van der Waals surface area contributed by atoms with Crippen molar-refractivity contribution in [3.8, 4) is 0 Å². The summed E-state index contributed by atoms with van der Waals surface area (Å²) in [4.78, 5) is 0. The Bertz CT molecular complexity index is 498. The normalized spacial score (nSPS) is 39.6. The molecule has 0 spiro atoms. The Labute approximate surface area is 124 Å². The number of aryl methyl sites for hydroxylation is 1. The highest BCUT2D eigenvalue weighted by Crippen LogP contribution is 2.59. The van der Waals surface area contributed by atoms with Gasteiger partial charge >= 0.3 is 0 Å². The van der Waals surface area contributed by atoms with Gasteiger partial charge in [0.2, 0.25) is 0 Å². The second-order valence-corrected chi connectivity index (χ2v) is 7.74. The fourth-order valence-electron chi connectivity index (χ4n) is 5.18. The molecule has 3 aliphatic rings. The maximum atomic E-state index is 3.85. The van der Waals surface area contributed by atoms with E-state index in [1.165, 1.54) is 47.8 Å². The Kier molecular flexibility index (Phi) is 2.91. The van der Waals surface area contributed by atoms with Crippen molar-refractivity contribution in [2.45, 2.75) is 45.1 Å². The molecule has 0 amide bonds. The molecule has 0 radical (unpaired) electrons. The Morgan fingerprint density at radius 2 is 1.95 bits per heavy atom. The summed E-state index contributed by atoms with van der Waals surface area (Å²) in [6, 6.07) is 7.34. The number of hydrogen-bond acceptors (Lipinski definition) is 1. The first-order valence-electron chi connectivity index (χ1n) is 7.75. The average molecular weight is 320 g/mol. The van der Waals surface area contributed by atoms with Crippen molar-refractivity contribution in [2.24, 2.45) is 23.7 Å². The molecule has 19 heavy (non-hydrogen) atoms. The molecule has 3 fully saturated rings. The van der Waals surface area contributed by atoms with Crippen LogP contribution in [0.2, 0.25) is 0 Å². The highest BCUT2D eigenvalue weighted by Gasteiger charge is 2.53. The van der Waals surface area contributed by atoms with Crippen molar-refractivity contribution >= 4 is 21.6 Å². The van der Waals surface area contributed by atoms with Crippen molar-refractivity contribution in [1.29, 1.82) is 0 Å². The van der Waals surface area contributed by atoms with Crippen LogP contribution in [0.4, 0.5) is 5.69 Å². The third-order valence-corrected chi connectivity index (χ3v) is 6.58.